The number of benzene rings is 1. The van der Waals surface area contributed by atoms with Crippen molar-refractivity contribution in [3.05, 3.63) is 23.3 Å². The fourth-order valence-corrected chi connectivity index (χ4v) is 2.22. The van der Waals surface area contributed by atoms with Crippen LogP contribution in [0.2, 0.25) is 0 Å². The molecule has 0 saturated heterocycles. The van der Waals surface area contributed by atoms with Crippen LogP contribution in [-0.4, -0.2) is 15.8 Å². The average Bonchev–Trinajstić information content (AvgIpc) is 2.32. The number of carbonyl (C=O) groups is 1. The summed E-state index contributed by atoms with van der Waals surface area (Å²) in [6.45, 7) is 5.85. The second-order valence-corrected chi connectivity index (χ2v) is 5.68. The van der Waals surface area contributed by atoms with Gasteiger partial charge in [-0.05, 0) is 37.5 Å². The van der Waals surface area contributed by atoms with E-state index < -0.39 is 0 Å². The summed E-state index contributed by atoms with van der Waals surface area (Å²) < 4.78 is 0. The van der Waals surface area contributed by atoms with Crippen LogP contribution in [0.4, 0.5) is 5.69 Å². The maximum absolute atomic E-state index is 11.9. The van der Waals surface area contributed by atoms with Gasteiger partial charge in [-0.15, -0.1) is 0 Å². The Bertz CT molecular complexity index is 432. The Hall–Kier alpha value is -1.03. The third-order valence-electron chi connectivity index (χ3n) is 2.80. The van der Waals surface area contributed by atoms with Crippen molar-refractivity contribution in [2.45, 2.75) is 44.9 Å². The second kappa shape index (κ2) is 6.78. The number of halogens is 1. The summed E-state index contributed by atoms with van der Waals surface area (Å²) >= 11 is 3.37. The summed E-state index contributed by atoms with van der Waals surface area (Å²) in [6, 6.07) is 3.66. The molecule has 0 aromatic heterocycles. The zero-order valence-electron chi connectivity index (χ0n) is 11.1. The highest BCUT2D eigenvalue weighted by Crippen LogP contribution is 2.29. The summed E-state index contributed by atoms with van der Waals surface area (Å²) in [6.07, 6.45) is 2.86. The molecule has 0 bridgehead atoms. The van der Waals surface area contributed by atoms with Gasteiger partial charge in [0.05, 0.1) is 10.5 Å². The Morgan fingerprint density at radius 3 is 2.72 bits per heavy atom. The number of nitrogens with one attached hydrogen (secondary N) is 1. The van der Waals surface area contributed by atoms with E-state index in [0.717, 1.165) is 30.4 Å². The third-order valence-corrected chi connectivity index (χ3v) is 3.67. The minimum Gasteiger partial charge on any atom is -0.505 e. The lowest BCUT2D eigenvalue weighted by molar-refractivity contribution is -0.115. The maximum Gasteiger partial charge on any atom is 0.238 e. The van der Waals surface area contributed by atoms with Crippen LogP contribution in [0.1, 0.15) is 37.3 Å². The number of alkyl halides is 1. The molecule has 1 amide bonds. The maximum atomic E-state index is 11.9. The first-order valence-corrected chi connectivity index (χ1v) is 7.12. The Morgan fingerprint density at radius 2 is 2.11 bits per heavy atom. The van der Waals surface area contributed by atoms with Gasteiger partial charge in [0.2, 0.25) is 5.91 Å². The van der Waals surface area contributed by atoms with Crippen LogP contribution in [-0.2, 0) is 4.79 Å². The van der Waals surface area contributed by atoms with Gasteiger partial charge in [-0.2, -0.15) is 0 Å². The molecule has 0 aliphatic carbocycles. The van der Waals surface area contributed by atoms with Crippen molar-refractivity contribution >= 4 is 27.5 Å². The molecule has 0 aliphatic rings. The molecule has 1 aromatic carbocycles. The topological polar surface area (TPSA) is 49.3 Å². The van der Waals surface area contributed by atoms with E-state index in [4.69, 9.17) is 0 Å². The largest absolute Gasteiger partial charge is 0.505 e. The predicted octanol–water partition coefficient (Wildman–Crippen LogP) is 3.90. The van der Waals surface area contributed by atoms with Crippen LogP contribution in [0.25, 0.3) is 0 Å². The van der Waals surface area contributed by atoms with Crippen LogP contribution < -0.4 is 5.32 Å². The first kappa shape index (κ1) is 15.0. The van der Waals surface area contributed by atoms with Crippen molar-refractivity contribution in [1.82, 2.24) is 0 Å². The first-order chi connectivity index (χ1) is 8.45. The number of hydrogen-bond acceptors (Lipinski definition) is 2. The van der Waals surface area contributed by atoms with E-state index in [1.165, 1.54) is 0 Å². The molecule has 0 heterocycles. The molecule has 18 heavy (non-hydrogen) atoms. The molecule has 4 heteroatoms. The monoisotopic (exact) mass is 313 g/mol. The molecule has 1 unspecified atom stereocenters. The van der Waals surface area contributed by atoms with Gasteiger partial charge in [-0.25, -0.2) is 0 Å². The first-order valence-electron chi connectivity index (χ1n) is 6.20. The van der Waals surface area contributed by atoms with Crippen LogP contribution in [0.15, 0.2) is 12.1 Å². The van der Waals surface area contributed by atoms with Crippen LogP contribution in [0.5, 0.6) is 5.75 Å². The summed E-state index contributed by atoms with van der Waals surface area (Å²) in [5.41, 5.74) is 2.27. The highest BCUT2D eigenvalue weighted by Gasteiger charge is 2.16. The minimum atomic E-state index is -0.210. The van der Waals surface area contributed by atoms with Gasteiger partial charge in [0, 0.05) is 0 Å². The molecule has 1 atom stereocenters. The van der Waals surface area contributed by atoms with Crippen LogP contribution >= 0.6 is 15.9 Å². The quantitative estimate of drug-likeness (QED) is 0.639. The van der Waals surface area contributed by atoms with E-state index in [9.17, 15) is 9.90 Å². The van der Waals surface area contributed by atoms with E-state index in [2.05, 4.69) is 28.2 Å². The molecule has 0 aliphatic heterocycles. The number of aryl methyl sites for hydroxylation is 2. The molecule has 0 fully saturated rings. The van der Waals surface area contributed by atoms with Crippen molar-refractivity contribution in [2.24, 2.45) is 0 Å². The van der Waals surface area contributed by atoms with E-state index in [1.54, 1.807) is 6.07 Å². The van der Waals surface area contributed by atoms with Gasteiger partial charge in [-0.1, -0.05) is 41.8 Å². The number of rotatable bonds is 5. The highest BCUT2D eigenvalue weighted by atomic mass is 79.9. The molecular formula is C14H20BrNO2. The summed E-state index contributed by atoms with van der Waals surface area (Å²) in [7, 11) is 0. The smallest absolute Gasteiger partial charge is 0.238 e. The molecule has 0 spiro atoms. The van der Waals surface area contributed by atoms with Gasteiger partial charge in [0.25, 0.3) is 0 Å². The summed E-state index contributed by atoms with van der Waals surface area (Å²) in [5, 5.41) is 12.7. The highest BCUT2D eigenvalue weighted by molar-refractivity contribution is 9.10. The second-order valence-electron chi connectivity index (χ2n) is 4.58. The molecule has 0 radical (unpaired) electrons. The summed E-state index contributed by atoms with van der Waals surface area (Å²) in [5.74, 6) is 0.0351. The number of unbranched alkanes of at least 4 members (excludes halogenated alkanes) is 1. The Balaban J connectivity index is 2.75. The van der Waals surface area contributed by atoms with E-state index in [1.807, 2.05) is 19.9 Å². The molecule has 0 saturated carbocycles. The summed E-state index contributed by atoms with van der Waals surface area (Å²) in [4.78, 5) is 11.7. The van der Waals surface area contributed by atoms with E-state index in [-0.39, 0.29) is 16.5 Å². The Kier molecular flexibility index (Phi) is 5.66. The number of phenolic OH excluding ortho intramolecular Hbond substituents is 1. The predicted molar refractivity (Wildman–Crippen MR) is 78.5 cm³/mol. The fraction of sp³-hybridized carbons (Fsp3) is 0.500. The van der Waals surface area contributed by atoms with Crippen molar-refractivity contribution < 1.29 is 9.90 Å². The molecule has 3 nitrogen and oxygen atoms in total. The van der Waals surface area contributed by atoms with Gasteiger partial charge < -0.3 is 10.4 Å². The lowest BCUT2D eigenvalue weighted by Crippen LogP contribution is -2.22. The number of hydrogen-bond donors (Lipinski definition) is 2. The molecule has 1 rings (SSSR count). The van der Waals surface area contributed by atoms with Gasteiger partial charge >= 0.3 is 0 Å². The number of aromatic hydroxyl groups is 1. The van der Waals surface area contributed by atoms with Gasteiger partial charge in [-0.3, -0.25) is 4.79 Å². The zero-order chi connectivity index (χ0) is 13.7. The number of amides is 1. The van der Waals surface area contributed by atoms with Crippen molar-refractivity contribution in [3.8, 4) is 5.75 Å². The third kappa shape index (κ3) is 4.02. The average molecular weight is 314 g/mol. The lowest BCUT2D eigenvalue weighted by Gasteiger charge is -2.13. The normalized spacial score (nSPS) is 12.2. The molecular weight excluding hydrogens is 294 g/mol. The number of carbonyl (C=O) groups excluding carboxylic acids is 1. The zero-order valence-corrected chi connectivity index (χ0v) is 12.7. The van der Waals surface area contributed by atoms with Gasteiger partial charge in [0.15, 0.2) is 0 Å². The Morgan fingerprint density at radius 1 is 1.44 bits per heavy atom. The lowest BCUT2D eigenvalue weighted by atomic mass is 10.1. The van der Waals surface area contributed by atoms with Crippen molar-refractivity contribution in [2.75, 3.05) is 5.32 Å². The van der Waals surface area contributed by atoms with Crippen LogP contribution in [0.3, 0.4) is 0 Å². The van der Waals surface area contributed by atoms with Crippen molar-refractivity contribution in [3.63, 3.8) is 0 Å². The van der Waals surface area contributed by atoms with E-state index >= 15 is 0 Å². The molecule has 1 aromatic rings. The molecule has 2 N–H and O–H groups in total. The number of phenols is 1. The minimum absolute atomic E-state index is 0.108. The Labute approximate surface area is 117 Å². The van der Waals surface area contributed by atoms with Crippen molar-refractivity contribution in [1.29, 1.82) is 0 Å². The SMILES string of the molecule is CCCCC(Br)C(=O)Nc1cc(C)cc(C)c1O. The number of anilines is 1. The van der Waals surface area contributed by atoms with E-state index in [0.29, 0.717) is 5.69 Å². The molecule has 100 valence electrons. The fourth-order valence-electron chi connectivity index (χ4n) is 1.78. The van der Waals surface area contributed by atoms with Gasteiger partial charge in [0.1, 0.15) is 5.75 Å². The van der Waals surface area contributed by atoms with Crippen LogP contribution in [0, 0.1) is 13.8 Å². The standard InChI is InChI=1S/C14H20BrNO2/c1-4-5-6-11(15)14(18)16-12-8-9(2)7-10(3)13(12)17/h7-8,11,17H,4-6H2,1-3H3,(H,16,18).